The molecule has 0 radical (unpaired) electrons. The highest BCUT2D eigenvalue weighted by Crippen LogP contribution is 2.28. The van der Waals surface area contributed by atoms with Crippen LogP contribution in [0.15, 0.2) is 0 Å². The number of rotatable bonds is 6. The van der Waals surface area contributed by atoms with E-state index in [-0.39, 0.29) is 17.2 Å². The Morgan fingerprint density at radius 1 is 1.29 bits per heavy atom. The Morgan fingerprint density at radius 3 is 2.62 bits per heavy atom. The first-order valence-electron chi connectivity index (χ1n) is 8.04. The van der Waals surface area contributed by atoms with Crippen molar-refractivity contribution in [3.8, 4) is 0 Å². The summed E-state index contributed by atoms with van der Waals surface area (Å²) in [6.45, 7) is 8.69. The van der Waals surface area contributed by atoms with Gasteiger partial charge in [0.05, 0.1) is 0 Å². The lowest BCUT2D eigenvalue weighted by Crippen LogP contribution is -2.52. The Labute approximate surface area is 127 Å². The number of amides is 2. The average Bonchev–Trinajstić information content (AvgIpc) is 3.21. The van der Waals surface area contributed by atoms with Crippen LogP contribution < -0.4 is 5.32 Å². The molecule has 0 aromatic carbocycles. The van der Waals surface area contributed by atoms with E-state index in [4.69, 9.17) is 4.74 Å². The first-order chi connectivity index (χ1) is 9.88. The monoisotopic (exact) mass is 296 g/mol. The largest absolute Gasteiger partial charge is 0.381 e. The van der Waals surface area contributed by atoms with E-state index in [1.807, 2.05) is 25.7 Å². The van der Waals surface area contributed by atoms with Crippen molar-refractivity contribution in [1.82, 2.24) is 10.2 Å². The van der Waals surface area contributed by atoms with Gasteiger partial charge in [-0.25, -0.2) is 0 Å². The fraction of sp³-hybridized carbons (Fsp3) is 0.875. The van der Waals surface area contributed by atoms with Crippen molar-refractivity contribution in [2.45, 2.75) is 52.5 Å². The summed E-state index contributed by atoms with van der Waals surface area (Å²) in [5, 5.41) is 2.86. The third-order valence-electron chi connectivity index (χ3n) is 4.11. The molecule has 2 rings (SSSR count). The molecule has 0 spiro atoms. The maximum atomic E-state index is 12.6. The van der Waals surface area contributed by atoms with Crippen LogP contribution in [0, 0.1) is 11.3 Å². The van der Waals surface area contributed by atoms with Gasteiger partial charge in [-0.15, -0.1) is 0 Å². The highest BCUT2D eigenvalue weighted by molar-refractivity contribution is 5.90. The van der Waals surface area contributed by atoms with Crippen molar-refractivity contribution in [2.24, 2.45) is 11.3 Å². The van der Waals surface area contributed by atoms with Gasteiger partial charge in [0.15, 0.2) is 0 Å². The Kier molecular flexibility index (Phi) is 5.25. The molecular weight excluding hydrogens is 268 g/mol. The summed E-state index contributed by atoms with van der Waals surface area (Å²) in [6.07, 6.45) is 3.82. The second-order valence-electron chi connectivity index (χ2n) is 7.31. The molecular formula is C16H28N2O3. The van der Waals surface area contributed by atoms with Gasteiger partial charge in [0, 0.05) is 32.7 Å². The molecule has 1 atom stereocenters. The summed E-state index contributed by atoms with van der Waals surface area (Å²) >= 11 is 0. The van der Waals surface area contributed by atoms with E-state index in [1.54, 1.807) is 0 Å². The van der Waals surface area contributed by atoms with E-state index in [9.17, 15) is 9.59 Å². The van der Waals surface area contributed by atoms with Crippen LogP contribution in [0.4, 0.5) is 0 Å². The Bertz CT molecular complexity index is 385. The number of carbonyl (C=O) groups excluding carboxylic acids is 2. The third-order valence-corrected chi connectivity index (χ3v) is 4.11. The van der Waals surface area contributed by atoms with E-state index in [0.717, 1.165) is 18.9 Å². The number of nitrogens with one attached hydrogen (secondary N) is 1. The minimum Gasteiger partial charge on any atom is -0.381 e. The fourth-order valence-corrected chi connectivity index (χ4v) is 2.53. The molecule has 0 aromatic rings. The van der Waals surface area contributed by atoms with Crippen LogP contribution in [0.2, 0.25) is 0 Å². The molecule has 21 heavy (non-hydrogen) atoms. The first-order valence-corrected chi connectivity index (χ1v) is 8.04. The van der Waals surface area contributed by atoms with Crippen molar-refractivity contribution in [2.75, 3.05) is 26.3 Å². The van der Waals surface area contributed by atoms with Crippen LogP contribution in [0.1, 0.15) is 46.5 Å². The summed E-state index contributed by atoms with van der Waals surface area (Å²) < 4.78 is 5.61. The van der Waals surface area contributed by atoms with Crippen LogP contribution in [0.25, 0.3) is 0 Å². The van der Waals surface area contributed by atoms with Gasteiger partial charge in [0.25, 0.3) is 0 Å². The zero-order valence-electron chi connectivity index (χ0n) is 13.5. The zero-order chi connectivity index (χ0) is 15.5. The Morgan fingerprint density at radius 2 is 2.00 bits per heavy atom. The van der Waals surface area contributed by atoms with Gasteiger partial charge in [0.2, 0.25) is 11.8 Å². The summed E-state index contributed by atoms with van der Waals surface area (Å²) in [7, 11) is 0. The zero-order valence-corrected chi connectivity index (χ0v) is 13.5. The quantitative estimate of drug-likeness (QED) is 0.757. The van der Waals surface area contributed by atoms with Crippen LogP contribution in [-0.2, 0) is 14.3 Å². The second kappa shape index (κ2) is 6.77. The number of carbonyl (C=O) groups is 2. The van der Waals surface area contributed by atoms with Crippen molar-refractivity contribution in [3.05, 3.63) is 0 Å². The van der Waals surface area contributed by atoms with Gasteiger partial charge in [-0.3, -0.25) is 9.59 Å². The van der Waals surface area contributed by atoms with E-state index in [2.05, 4.69) is 5.32 Å². The Balaban J connectivity index is 1.81. The molecule has 1 N–H and O–H groups in total. The van der Waals surface area contributed by atoms with Gasteiger partial charge in [-0.2, -0.15) is 0 Å². The summed E-state index contributed by atoms with van der Waals surface area (Å²) in [4.78, 5) is 26.2. The molecule has 1 aliphatic heterocycles. The van der Waals surface area contributed by atoms with Gasteiger partial charge in [-0.1, -0.05) is 20.8 Å². The molecule has 1 saturated heterocycles. The molecule has 5 heteroatoms. The number of ether oxygens (including phenoxy) is 1. The molecule has 1 aliphatic carbocycles. The van der Waals surface area contributed by atoms with Gasteiger partial charge in [0.1, 0.15) is 6.04 Å². The van der Waals surface area contributed by atoms with E-state index in [1.165, 1.54) is 12.8 Å². The molecule has 2 aliphatic rings. The summed E-state index contributed by atoms with van der Waals surface area (Å²) in [6, 6.07) is -0.431. The third kappa shape index (κ3) is 4.99. The molecule has 2 amide bonds. The number of nitrogens with zero attached hydrogens (tertiary/aromatic N) is 1. The summed E-state index contributed by atoms with van der Waals surface area (Å²) in [5.74, 6) is 0.781. The lowest BCUT2D eigenvalue weighted by Gasteiger charge is -2.32. The van der Waals surface area contributed by atoms with Gasteiger partial charge in [-0.05, 0) is 30.6 Å². The molecule has 1 heterocycles. The molecule has 0 aromatic heterocycles. The fourth-order valence-electron chi connectivity index (χ4n) is 2.53. The predicted molar refractivity (Wildman–Crippen MR) is 80.7 cm³/mol. The van der Waals surface area contributed by atoms with Crippen molar-refractivity contribution in [3.63, 3.8) is 0 Å². The normalized spacial score (nSPS) is 24.0. The van der Waals surface area contributed by atoms with Gasteiger partial charge < -0.3 is 15.0 Å². The van der Waals surface area contributed by atoms with Crippen LogP contribution in [0.5, 0.6) is 0 Å². The smallest absolute Gasteiger partial charge is 0.245 e. The maximum Gasteiger partial charge on any atom is 0.245 e. The standard InChI is InChI=1S/C16H28N2O3/c1-16(2,3)14-15(20)18(9-7-13(19)17-14)8-4-10-21-11-12-5-6-12/h12,14H,4-11H2,1-3H3,(H,17,19). The number of hydrogen-bond acceptors (Lipinski definition) is 3. The molecule has 1 unspecified atom stereocenters. The van der Waals surface area contributed by atoms with Crippen LogP contribution in [0.3, 0.4) is 0 Å². The molecule has 1 saturated carbocycles. The highest BCUT2D eigenvalue weighted by Gasteiger charge is 2.37. The van der Waals surface area contributed by atoms with E-state index in [0.29, 0.717) is 26.1 Å². The van der Waals surface area contributed by atoms with Crippen molar-refractivity contribution < 1.29 is 14.3 Å². The van der Waals surface area contributed by atoms with Crippen molar-refractivity contribution in [1.29, 1.82) is 0 Å². The van der Waals surface area contributed by atoms with Gasteiger partial charge >= 0.3 is 0 Å². The average molecular weight is 296 g/mol. The first kappa shape index (κ1) is 16.3. The lowest BCUT2D eigenvalue weighted by molar-refractivity contribution is -0.136. The minimum atomic E-state index is -0.431. The topological polar surface area (TPSA) is 58.6 Å². The molecule has 0 bridgehead atoms. The number of hydrogen-bond donors (Lipinski definition) is 1. The van der Waals surface area contributed by atoms with E-state index >= 15 is 0 Å². The molecule has 2 fully saturated rings. The second-order valence-corrected chi connectivity index (χ2v) is 7.31. The highest BCUT2D eigenvalue weighted by atomic mass is 16.5. The SMILES string of the molecule is CC(C)(C)C1NC(=O)CCN(CCCOCC2CC2)C1=O. The predicted octanol–water partition coefficient (Wildman–Crippen LogP) is 1.57. The minimum absolute atomic E-state index is 0.0317. The molecule has 120 valence electrons. The van der Waals surface area contributed by atoms with Crippen molar-refractivity contribution >= 4 is 11.8 Å². The van der Waals surface area contributed by atoms with Crippen LogP contribution >= 0.6 is 0 Å². The Hall–Kier alpha value is -1.10. The summed E-state index contributed by atoms with van der Waals surface area (Å²) in [5.41, 5.74) is -0.266. The van der Waals surface area contributed by atoms with Crippen LogP contribution in [-0.4, -0.2) is 49.1 Å². The van der Waals surface area contributed by atoms with E-state index < -0.39 is 6.04 Å². The maximum absolute atomic E-state index is 12.6. The lowest BCUT2D eigenvalue weighted by atomic mass is 9.86. The molecule has 5 nitrogen and oxygen atoms in total.